The van der Waals surface area contributed by atoms with Gasteiger partial charge in [0.1, 0.15) is 0 Å². The highest BCUT2D eigenvalue weighted by atomic mass is 32.2. The third-order valence-electron chi connectivity index (χ3n) is 5.80. The molecule has 7 heteroatoms. The summed E-state index contributed by atoms with van der Waals surface area (Å²) in [6.07, 6.45) is 7.56. The second kappa shape index (κ2) is 9.17. The van der Waals surface area contributed by atoms with Crippen molar-refractivity contribution < 1.29 is 13.2 Å². The van der Waals surface area contributed by atoms with Gasteiger partial charge in [-0.3, -0.25) is 4.79 Å². The van der Waals surface area contributed by atoms with Crippen LogP contribution in [0.4, 0.5) is 0 Å². The molecule has 2 atom stereocenters. The molecular weight excluding hydrogens is 362 g/mol. The van der Waals surface area contributed by atoms with Gasteiger partial charge in [0, 0.05) is 19.1 Å². The largest absolute Gasteiger partial charge is 0.353 e. The van der Waals surface area contributed by atoms with E-state index in [1.807, 2.05) is 0 Å². The highest BCUT2D eigenvalue weighted by Gasteiger charge is 2.27. The zero-order valence-corrected chi connectivity index (χ0v) is 16.7. The van der Waals surface area contributed by atoms with Crippen molar-refractivity contribution in [3.8, 4) is 0 Å². The van der Waals surface area contributed by atoms with Crippen LogP contribution in [0.3, 0.4) is 0 Å². The fourth-order valence-corrected chi connectivity index (χ4v) is 5.67. The van der Waals surface area contributed by atoms with E-state index >= 15 is 0 Å². The molecule has 0 aromatic heterocycles. The molecule has 1 aromatic carbocycles. The maximum Gasteiger partial charge on any atom is 0.243 e. The Labute approximate surface area is 162 Å². The molecule has 0 radical (unpaired) electrons. The maximum atomic E-state index is 12.7. The third kappa shape index (κ3) is 5.09. The zero-order valence-electron chi connectivity index (χ0n) is 15.9. The number of benzene rings is 1. The molecule has 1 saturated heterocycles. The van der Waals surface area contributed by atoms with Crippen LogP contribution in [-0.2, 0) is 21.2 Å². The molecule has 27 heavy (non-hydrogen) atoms. The molecule has 6 nitrogen and oxygen atoms in total. The summed E-state index contributed by atoms with van der Waals surface area (Å²) < 4.78 is 26.9. The Morgan fingerprint density at radius 1 is 1.04 bits per heavy atom. The molecule has 1 saturated carbocycles. The number of piperidine rings is 1. The number of amides is 1. The predicted octanol–water partition coefficient (Wildman–Crippen LogP) is 2.04. The van der Waals surface area contributed by atoms with Gasteiger partial charge in [0.25, 0.3) is 0 Å². The lowest BCUT2D eigenvalue weighted by atomic mass is 9.84. The monoisotopic (exact) mass is 393 g/mol. The van der Waals surface area contributed by atoms with Gasteiger partial charge < -0.3 is 11.1 Å². The van der Waals surface area contributed by atoms with Gasteiger partial charge in [-0.1, -0.05) is 31.4 Å². The summed E-state index contributed by atoms with van der Waals surface area (Å²) in [6, 6.07) is 6.90. The summed E-state index contributed by atoms with van der Waals surface area (Å²) in [7, 11) is -3.42. The Hall–Kier alpha value is -1.44. The van der Waals surface area contributed by atoms with Crippen molar-refractivity contribution in [2.75, 3.05) is 19.6 Å². The van der Waals surface area contributed by atoms with Crippen LogP contribution in [0.15, 0.2) is 29.2 Å². The van der Waals surface area contributed by atoms with Gasteiger partial charge in [0.2, 0.25) is 15.9 Å². The first kappa shape index (κ1) is 20.3. The normalized spacial score (nSPS) is 24.5. The summed E-state index contributed by atoms with van der Waals surface area (Å²) in [5, 5.41) is 3.12. The van der Waals surface area contributed by atoms with Crippen molar-refractivity contribution in [3.05, 3.63) is 29.8 Å². The van der Waals surface area contributed by atoms with Crippen molar-refractivity contribution in [2.24, 2.45) is 11.7 Å². The molecular formula is C20H31N3O3S. The third-order valence-corrected chi connectivity index (χ3v) is 7.71. The summed E-state index contributed by atoms with van der Waals surface area (Å²) in [5.41, 5.74) is 6.65. The van der Waals surface area contributed by atoms with E-state index in [2.05, 4.69) is 5.32 Å². The Balaban J connectivity index is 1.59. The average Bonchev–Trinajstić information content (AvgIpc) is 2.69. The first-order chi connectivity index (χ1) is 13.0. The number of hydrogen-bond acceptors (Lipinski definition) is 4. The Morgan fingerprint density at radius 3 is 2.37 bits per heavy atom. The number of nitrogens with two attached hydrogens (primary N) is 1. The van der Waals surface area contributed by atoms with Gasteiger partial charge in [-0.25, -0.2) is 8.42 Å². The second-order valence-electron chi connectivity index (χ2n) is 7.74. The lowest BCUT2D eigenvalue weighted by Crippen LogP contribution is -2.45. The van der Waals surface area contributed by atoms with E-state index in [-0.39, 0.29) is 18.4 Å². The minimum Gasteiger partial charge on any atom is -0.353 e. The second-order valence-corrected chi connectivity index (χ2v) is 9.68. The number of sulfonamides is 1. The number of carbonyl (C=O) groups is 1. The molecule has 1 aromatic rings. The van der Waals surface area contributed by atoms with Crippen LogP contribution in [0.2, 0.25) is 0 Å². The molecule has 0 bridgehead atoms. The van der Waals surface area contributed by atoms with Gasteiger partial charge in [0.05, 0.1) is 11.3 Å². The van der Waals surface area contributed by atoms with Crippen molar-refractivity contribution in [2.45, 2.75) is 62.3 Å². The molecule has 3 N–H and O–H groups in total. The van der Waals surface area contributed by atoms with Crippen molar-refractivity contribution in [3.63, 3.8) is 0 Å². The van der Waals surface area contributed by atoms with Crippen molar-refractivity contribution in [1.82, 2.24) is 9.62 Å². The molecule has 3 rings (SSSR count). The zero-order chi connectivity index (χ0) is 19.3. The summed E-state index contributed by atoms with van der Waals surface area (Å²) in [4.78, 5) is 12.7. The molecule has 1 amide bonds. The first-order valence-electron chi connectivity index (χ1n) is 10.1. The summed E-state index contributed by atoms with van der Waals surface area (Å²) >= 11 is 0. The van der Waals surface area contributed by atoms with Gasteiger partial charge >= 0.3 is 0 Å². The van der Waals surface area contributed by atoms with E-state index in [1.54, 1.807) is 28.6 Å². The fourth-order valence-electron chi connectivity index (χ4n) is 4.16. The highest BCUT2D eigenvalue weighted by Crippen LogP contribution is 2.24. The minimum atomic E-state index is -3.42. The van der Waals surface area contributed by atoms with E-state index in [9.17, 15) is 13.2 Å². The Morgan fingerprint density at radius 2 is 1.70 bits per heavy atom. The highest BCUT2D eigenvalue weighted by molar-refractivity contribution is 7.89. The topological polar surface area (TPSA) is 92.5 Å². The van der Waals surface area contributed by atoms with Gasteiger partial charge in [-0.05, 0) is 55.8 Å². The van der Waals surface area contributed by atoms with Gasteiger partial charge in [0.15, 0.2) is 0 Å². The van der Waals surface area contributed by atoms with Crippen LogP contribution in [0.1, 0.15) is 50.5 Å². The van der Waals surface area contributed by atoms with Crippen LogP contribution in [-0.4, -0.2) is 44.3 Å². The van der Waals surface area contributed by atoms with E-state index in [1.165, 1.54) is 6.42 Å². The molecule has 150 valence electrons. The molecule has 1 aliphatic carbocycles. The average molecular weight is 394 g/mol. The maximum absolute atomic E-state index is 12.7. The minimum absolute atomic E-state index is 0.0213. The molecule has 2 fully saturated rings. The standard InChI is InChI=1S/C20H31N3O3S/c21-15-17-6-2-3-7-19(17)22-20(24)14-16-8-10-18(11-9-16)27(25,26)23-12-4-1-5-13-23/h8-11,17,19H,1-7,12-15,21H2,(H,22,24). The first-order valence-corrected chi connectivity index (χ1v) is 11.5. The number of nitrogens with one attached hydrogen (secondary N) is 1. The lowest BCUT2D eigenvalue weighted by molar-refractivity contribution is -0.121. The summed E-state index contributed by atoms with van der Waals surface area (Å²) in [6.45, 7) is 1.79. The molecule has 0 spiro atoms. The van der Waals surface area contributed by atoms with E-state index in [0.717, 1.165) is 44.1 Å². The lowest BCUT2D eigenvalue weighted by Gasteiger charge is -2.31. The number of hydrogen-bond donors (Lipinski definition) is 2. The quantitative estimate of drug-likeness (QED) is 0.773. The summed E-state index contributed by atoms with van der Waals surface area (Å²) in [5.74, 6) is 0.340. The SMILES string of the molecule is NCC1CCCCC1NC(=O)Cc1ccc(S(=O)(=O)N2CCCCC2)cc1. The number of carbonyl (C=O) groups excluding carboxylic acids is 1. The van der Waals surface area contributed by atoms with Crippen LogP contribution in [0.5, 0.6) is 0 Å². The molecule has 2 aliphatic rings. The van der Waals surface area contributed by atoms with Gasteiger partial charge in [-0.2, -0.15) is 4.31 Å². The van der Waals surface area contributed by atoms with Crippen molar-refractivity contribution >= 4 is 15.9 Å². The number of rotatable bonds is 6. The molecule has 2 unspecified atom stereocenters. The van der Waals surface area contributed by atoms with E-state index in [4.69, 9.17) is 5.73 Å². The molecule has 1 aliphatic heterocycles. The van der Waals surface area contributed by atoms with Gasteiger partial charge in [-0.15, -0.1) is 0 Å². The Kier molecular flexibility index (Phi) is 6.89. The fraction of sp³-hybridized carbons (Fsp3) is 0.650. The number of nitrogens with zero attached hydrogens (tertiary/aromatic N) is 1. The van der Waals surface area contributed by atoms with Crippen molar-refractivity contribution in [1.29, 1.82) is 0 Å². The smallest absolute Gasteiger partial charge is 0.243 e. The van der Waals surface area contributed by atoms with E-state index in [0.29, 0.717) is 30.4 Å². The van der Waals surface area contributed by atoms with Crippen LogP contribution in [0.25, 0.3) is 0 Å². The van der Waals surface area contributed by atoms with Crippen LogP contribution in [0, 0.1) is 5.92 Å². The molecule has 1 heterocycles. The Bertz CT molecular complexity index is 727. The van der Waals surface area contributed by atoms with E-state index < -0.39 is 10.0 Å². The van der Waals surface area contributed by atoms with Crippen LogP contribution >= 0.6 is 0 Å². The predicted molar refractivity (Wildman–Crippen MR) is 106 cm³/mol. The van der Waals surface area contributed by atoms with Crippen LogP contribution < -0.4 is 11.1 Å².